The van der Waals surface area contributed by atoms with Crippen molar-refractivity contribution in [2.24, 2.45) is 0 Å². The van der Waals surface area contributed by atoms with Crippen molar-refractivity contribution in [1.29, 1.82) is 0 Å². The van der Waals surface area contributed by atoms with Crippen LogP contribution in [0.5, 0.6) is 5.75 Å². The maximum Gasteiger partial charge on any atom is 0.138 e. The molecule has 0 aromatic heterocycles. The first-order chi connectivity index (χ1) is 9.65. The Hall–Kier alpha value is -1.58. The average molecular weight is 294 g/mol. The van der Waals surface area contributed by atoms with E-state index in [9.17, 15) is 4.39 Å². The monoisotopic (exact) mass is 293 g/mol. The van der Waals surface area contributed by atoms with Gasteiger partial charge >= 0.3 is 0 Å². The summed E-state index contributed by atoms with van der Waals surface area (Å²) in [5, 5.41) is 3.74. The average Bonchev–Trinajstić information content (AvgIpc) is 2.47. The van der Waals surface area contributed by atoms with Gasteiger partial charge in [-0.25, -0.2) is 4.39 Å². The molecule has 0 aliphatic carbocycles. The second-order valence-electron chi connectivity index (χ2n) is 4.44. The van der Waals surface area contributed by atoms with Crippen molar-refractivity contribution >= 4 is 11.6 Å². The standard InChI is InChI=1S/C16H17ClFNO/c1-3-19-10-11-4-7-15(18)13(8-11)12-5-6-14(17)16(9-12)20-2/h4-9,19H,3,10H2,1-2H3. The zero-order valence-electron chi connectivity index (χ0n) is 11.5. The number of methoxy groups -OCH3 is 1. The highest BCUT2D eigenvalue weighted by atomic mass is 35.5. The Morgan fingerprint density at radius 3 is 2.70 bits per heavy atom. The number of rotatable bonds is 5. The van der Waals surface area contributed by atoms with E-state index in [0.717, 1.165) is 17.7 Å². The quantitative estimate of drug-likeness (QED) is 0.889. The van der Waals surface area contributed by atoms with Gasteiger partial charge in [-0.15, -0.1) is 0 Å². The fraction of sp³-hybridized carbons (Fsp3) is 0.250. The first-order valence-corrected chi connectivity index (χ1v) is 6.86. The third-order valence-electron chi connectivity index (χ3n) is 3.07. The van der Waals surface area contributed by atoms with Crippen molar-refractivity contribution in [3.05, 3.63) is 52.8 Å². The number of halogens is 2. The molecule has 2 rings (SSSR count). The number of hydrogen-bond acceptors (Lipinski definition) is 2. The molecule has 1 N–H and O–H groups in total. The van der Waals surface area contributed by atoms with E-state index in [4.69, 9.17) is 16.3 Å². The van der Waals surface area contributed by atoms with Gasteiger partial charge in [0.05, 0.1) is 12.1 Å². The lowest BCUT2D eigenvalue weighted by Crippen LogP contribution is -2.11. The van der Waals surface area contributed by atoms with Crippen LogP contribution in [-0.4, -0.2) is 13.7 Å². The van der Waals surface area contributed by atoms with Gasteiger partial charge in [-0.3, -0.25) is 0 Å². The molecule has 0 unspecified atom stereocenters. The fourth-order valence-electron chi connectivity index (χ4n) is 2.00. The Morgan fingerprint density at radius 1 is 1.20 bits per heavy atom. The van der Waals surface area contributed by atoms with Gasteiger partial charge in [-0.1, -0.05) is 30.7 Å². The molecule has 0 saturated heterocycles. The molecular formula is C16H17ClFNO. The minimum absolute atomic E-state index is 0.255. The van der Waals surface area contributed by atoms with Gasteiger partial charge in [0.15, 0.2) is 0 Å². The van der Waals surface area contributed by atoms with Crippen LogP contribution in [0.25, 0.3) is 11.1 Å². The van der Waals surface area contributed by atoms with E-state index in [-0.39, 0.29) is 5.82 Å². The van der Waals surface area contributed by atoms with Crippen LogP contribution in [0.3, 0.4) is 0 Å². The van der Waals surface area contributed by atoms with Gasteiger partial charge in [0.1, 0.15) is 11.6 Å². The van der Waals surface area contributed by atoms with Crippen LogP contribution in [0.1, 0.15) is 12.5 Å². The van der Waals surface area contributed by atoms with Crippen molar-refractivity contribution in [3.63, 3.8) is 0 Å². The van der Waals surface area contributed by atoms with E-state index >= 15 is 0 Å². The summed E-state index contributed by atoms with van der Waals surface area (Å²) in [6.07, 6.45) is 0. The summed E-state index contributed by atoms with van der Waals surface area (Å²) in [6, 6.07) is 10.4. The summed E-state index contributed by atoms with van der Waals surface area (Å²) in [4.78, 5) is 0. The third-order valence-corrected chi connectivity index (χ3v) is 3.38. The number of benzene rings is 2. The van der Waals surface area contributed by atoms with Crippen molar-refractivity contribution < 1.29 is 9.13 Å². The Morgan fingerprint density at radius 2 is 2.00 bits per heavy atom. The number of hydrogen-bond donors (Lipinski definition) is 1. The molecule has 106 valence electrons. The summed E-state index contributed by atoms with van der Waals surface area (Å²) >= 11 is 5.99. The molecule has 2 aromatic rings. The van der Waals surface area contributed by atoms with Gasteiger partial charge in [0.25, 0.3) is 0 Å². The highest BCUT2D eigenvalue weighted by Crippen LogP contribution is 2.32. The normalized spacial score (nSPS) is 10.6. The van der Waals surface area contributed by atoms with E-state index < -0.39 is 0 Å². The van der Waals surface area contributed by atoms with E-state index in [1.165, 1.54) is 6.07 Å². The van der Waals surface area contributed by atoms with Gasteiger partial charge in [-0.2, -0.15) is 0 Å². The molecule has 0 atom stereocenters. The van der Waals surface area contributed by atoms with Crippen LogP contribution in [-0.2, 0) is 6.54 Å². The van der Waals surface area contributed by atoms with Crippen LogP contribution in [0.4, 0.5) is 4.39 Å². The second-order valence-corrected chi connectivity index (χ2v) is 4.85. The molecule has 2 aromatic carbocycles. The van der Waals surface area contributed by atoms with Crippen LogP contribution in [0, 0.1) is 5.82 Å². The predicted octanol–water partition coefficient (Wildman–Crippen LogP) is 4.26. The summed E-state index contributed by atoms with van der Waals surface area (Å²) in [6.45, 7) is 3.63. The lowest BCUT2D eigenvalue weighted by molar-refractivity contribution is 0.415. The van der Waals surface area contributed by atoms with Gasteiger partial charge in [-0.05, 0) is 41.9 Å². The lowest BCUT2D eigenvalue weighted by atomic mass is 10.0. The predicted molar refractivity (Wildman–Crippen MR) is 80.8 cm³/mol. The molecule has 0 radical (unpaired) electrons. The van der Waals surface area contributed by atoms with Crippen LogP contribution >= 0.6 is 11.6 Å². The van der Waals surface area contributed by atoms with Crippen molar-refractivity contribution in [2.75, 3.05) is 13.7 Å². The van der Waals surface area contributed by atoms with Crippen LogP contribution in [0.2, 0.25) is 5.02 Å². The highest BCUT2D eigenvalue weighted by Gasteiger charge is 2.09. The van der Waals surface area contributed by atoms with E-state index in [0.29, 0.717) is 22.9 Å². The van der Waals surface area contributed by atoms with Crippen LogP contribution < -0.4 is 10.1 Å². The summed E-state index contributed by atoms with van der Waals surface area (Å²) in [5.74, 6) is 0.287. The first-order valence-electron chi connectivity index (χ1n) is 6.48. The number of nitrogens with one attached hydrogen (secondary N) is 1. The Kier molecular flexibility index (Phi) is 4.99. The molecule has 0 fully saturated rings. The molecule has 2 nitrogen and oxygen atoms in total. The maximum atomic E-state index is 14.0. The van der Waals surface area contributed by atoms with Crippen LogP contribution in [0.15, 0.2) is 36.4 Å². The van der Waals surface area contributed by atoms with Gasteiger partial charge in [0.2, 0.25) is 0 Å². The van der Waals surface area contributed by atoms with E-state index in [1.807, 2.05) is 13.0 Å². The second kappa shape index (κ2) is 6.73. The van der Waals surface area contributed by atoms with Crippen molar-refractivity contribution in [2.45, 2.75) is 13.5 Å². The highest BCUT2D eigenvalue weighted by molar-refractivity contribution is 6.32. The summed E-state index contributed by atoms with van der Waals surface area (Å²) in [7, 11) is 1.54. The molecule has 0 heterocycles. The summed E-state index contributed by atoms with van der Waals surface area (Å²) in [5.41, 5.74) is 2.34. The first kappa shape index (κ1) is 14.8. The molecule has 0 bridgehead atoms. The lowest BCUT2D eigenvalue weighted by Gasteiger charge is -2.10. The summed E-state index contributed by atoms with van der Waals surface area (Å²) < 4.78 is 19.2. The van der Waals surface area contributed by atoms with E-state index in [1.54, 1.807) is 31.4 Å². The Balaban J connectivity index is 2.40. The zero-order chi connectivity index (χ0) is 14.5. The van der Waals surface area contributed by atoms with Crippen molar-refractivity contribution in [3.8, 4) is 16.9 Å². The van der Waals surface area contributed by atoms with Gasteiger partial charge in [0, 0.05) is 12.1 Å². The molecule has 0 aliphatic rings. The van der Waals surface area contributed by atoms with E-state index in [2.05, 4.69) is 5.32 Å². The minimum atomic E-state index is -0.255. The van der Waals surface area contributed by atoms with Crippen molar-refractivity contribution in [1.82, 2.24) is 5.32 Å². The molecule has 0 saturated carbocycles. The largest absolute Gasteiger partial charge is 0.495 e. The van der Waals surface area contributed by atoms with Gasteiger partial charge < -0.3 is 10.1 Å². The Labute approximate surface area is 123 Å². The fourth-order valence-corrected chi connectivity index (χ4v) is 2.19. The zero-order valence-corrected chi connectivity index (χ0v) is 12.3. The molecule has 20 heavy (non-hydrogen) atoms. The molecular weight excluding hydrogens is 277 g/mol. The number of ether oxygens (including phenoxy) is 1. The smallest absolute Gasteiger partial charge is 0.138 e. The molecule has 0 aliphatic heterocycles. The SMILES string of the molecule is CCNCc1ccc(F)c(-c2ccc(Cl)c(OC)c2)c1. The Bertz CT molecular complexity index is 601. The molecule has 4 heteroatoms. The third kappa shape index (κ3) is 3.30. The minimum Gasteiger partial charge on any atom is -0.495 e. The maximum absolute atomic E-state index is 14.0. The molecule has 0 amide bonds. The molecule has 0 spiro atoms. The topological polar surface area (TPSA) is 21.3 Å².